The predicted octanol–water partition coefficient (Wildman–Crippen LogP) is 2.81. The molecular weight excluding hydrogens is 908 g/mol. The molecule has 0 amide bonds. The second-order valence-electron chi connectivity index (χ2n) is 15.0. The lowest BCUT2D eigenvalue weighted by Gasteiger charge is -2.46. The van der Waals surface area contributed by atoms with Gasteiger partial charge in [-0.25, -0.2) is 0 Å². The summed E-state index contributed by atoms with van der Waals surface area (Å²) in [6.07, 6.45) is -13.3. The summed E-state index contributed by atoms with van der Waals surface area (Å²) >= 11 is 0. The van der Waals surface area contributed by atoms with E-state index in [2.05, 4.69) is 0 Å². The first-order valence-electron chi connectivity index (χ1n) is 20.6. The van der Waals surface area contributed by atoms with Crippen LogP contribution in [0.15, 0.2) is 42.5 Å². The third kappa shape index (κ3) is 15.4. The number of ketones is 1. The van der Waals surface area contributed by atoms with Gasteiger partial charge < -0.3 is 61.6 Å². The summed E-state index contributed by atoms with van der Waals surface area (Å²) in [6.45, 7) is 10.2. The summed E-state index contributed by atoms with van der Waals surface area (Å²) < 4.78 is 73.1. The molecule has 10 atom stereocenters. The Kier molecular flexibility index (Phi) is 18.8. The number of rotatable bonds is 17. The zero-order valence-electron chi connectivity index (χ0n) is 38.5. The van der Waals surface area contributed by atoms with Crippen molar-refractivity contribution in [3.63, 3.8) is 0 Å². The van der Waals surface area contributed by atoms with E-state index < -0.39 is 145 Å². The van der Waals surface area contributed by atoms with Crippen LogP contribution in [0.4, 0.5) is 0 Å². The zero-order chi connectivity index (χ0) is 50.6. The summed E-state index contributed by atoms with van der Waals surface area (Å²) in [7, 11) is 0. The first-order chi connectivity index (χ1) is 31.9. The van der Waals surface area contributed by atoms with E-state index in [-0.39, 0.29) is 11.5 Å². The molecule has 68 heavy (non-hydrogen) atoms. The largest absolute Gasteiger partial charge is 0.460 e. The van der Waals surface area contributed by atoms with Gasteiger partial charge in [0.15, 0.2) is 42.6 Å². The van der Waals surface area contributed by atoms with Crippen molar-refractivity contribution in [1.82, 2.24) is 0 Å². The maximum Gasteiger partial charge on any atom is 0.308 e. The number of hydrogen-bond acceptors (Lipinski definition) is 23. The Morgan fingerprint density at radius 2 is 0.912 bits per heavy atom. The molecular formula is C45H50O23. The molecule has 0 unspecified atom stereocenters. The van der Waals surface area contributed by atoms with Crippen LogP contribution in [0.1, 0.15) is 85.2 Å². The van der Waals surface area contributed by atoms with Gasteiger partial charge in [-0.2, -0.15) is 0 Å². The number of ether oxygens (including phenoxy) is 13. The topological polar surface area (TPSA) is 291 Å². The fourth-order valence-corrected chi connectivity index (χ4v) is 6.93. The number of hydrogen-bond donors (Lipinski definition) is 0. The smallest absolute Gasteiger partial charge is 0.308 e. The summed E-state index contributed by atoms with van der Waals surface area (Å²) in [5.41, 5.74) is 0.0423. The van der Waals surface area contributed by atoms with Gasteiger partial charge in [0.25, 0.3) is 0 Å². The van der Waals surface area contributed by atoms with Crippen molar-refractivity contribution in [3.05, 3.63) is 53.6 Å². The molecule has 0 aromatic heterocycles. The highest BCUT2D eigenvalue weighted by Gasteiger charge is 2.55. The van der Waals surface area contributed by atoms with Gasteiger partial charge in [0.2, 0.25) is 12.4 Å². The maximum atomic E-state index is 13.8. The molecule has 4 rings (SSSR count). The van der Waals surface area contributed by atoms with Crippen molar-refractivity contribution in [3.8, 4) is 23.0 Å². The standard InChI is InChI=1S/C45H50O23/c1-20-38(61-24(5)49)40(63-26(7)51)42(65-28(9)53)44(57-20)56-19-36-39(62-25(6)50)41(64-27(8)52)43(66-29(10)54)45(68-36)67-32-17-34(59-22(3)47)37(35(18-32)60-23(4)48)33(55)16-13-30-11-14-31(15-12-30)58-21(2)46/h11-18,20,36,38-45H,19H2,1-10H3/b16-13+/t20-,36+,38+,39-,40+,41-,42+,43+,44+,45+/m0/s1. The van der Waals surface area contributed by atoms with Gasteiger partial charge >= 0.3 is 53.7 Å². The van der Waals surface area contributed by atoms with Crippen molar-refractivity contribution in [1.29, 1.82) is 0 Å². The molecule has 0 aliphatic carbocycles. The van der Waals surface area contributed by atoms with Crippen molar-refractivity contribution in [2.24, 2.45) is 0 Å². The van der Waals surface area contributed by atoms with Crippen LogP contribution >= 0.6 is 0 Å². The fraction of sp³-hybridized carbons (Fsp3) is 0.467. The van der Waals surface area contributed by atoms with Crippen molar-refractivity contribution >= 4 is 65.6 Å². The van der Waals surface area contributed by atoms with Crippen LogP contribution in [0.3, 0.4) is 0 Å². The molecule has 2 aromatic rings. The van der Waals surface area contributed by atoms with Crippen LogP contribution in [0.25, 0.3) is 6.08 Å². The van der Waals surface area contributed by atoms with Crippen LogP contribution in [0.2, 0.25) is 0 Å². The second kappa shape index (κ2) is 24.0. The lowest BCUT2D eigenvalue weighted by Crippen LogP contribution is -2.64. The fourth-order valence-electron chi connectivity index (χ4n) is 6.93. The summed E-state index contributed by atoms with van der Waals surface area (Å²) in [4.78, 5) is 125. The molecule has 0 bridgehead atoms. The lowest BCUT2D eigenvalue weighted by molar-refractivity contribution is -0.323. The van der Waals surface area contributed by atoms with Crippen molar-refractivity contribution in [2.45, 2.75) is 131 Å². The Morgan fingerprint density at radius 3 is 1.38 bits per heavy atom. The second-order valence-corrected chi connectivity index (χ2v) is 15.0. The van der Waals surface area contributed by atoms with E-state index in [0.717, 1.165) is 73.6 Å². The molecule has 2 fully saturated rings. The molecule has 2 aliphatic heterocycles. The van der Waals surface area contributed by atoms with Crippen LogP contribution in [0, 0.1) is 0 Å². The zero-order valence-corrected chi connectivity index (χ0v) is 38.5. The minimum atomic E-state index is -1.88. The molecule has 23 heteroatoms. The van der Waals surface area contributed by atoms with Crippen LogP contribution in [-0.2, 0) is 85.8 Å². The van der Waals surface area contributed by atoms with Gasteiger partial charge in [0.05, 0.1) is 12.7 Å². The van der Waals surface area contributed by atoms with Crippen LogP contribution in [0.5, 0.6) is 23.0 Å². The van der Waals surface area contributed by atoms with Gasteiger partial charge in [-0.1, -0.05) is 18.2 Å². The van der Waals surface area contributed by atoms with Gasteiger partial charge in [-0.15, -0.1) is 0 Å². The molecule has 0 radical (unpaired) electrons. The van der Waals surface area contributed by atoms with E-state index in [9.17, 15) is 47.9 Å². The molecule has 368 valence electrons. The average molecular weight is 959 g/mol. The van der Waals surface area contributed by atoms with Gasteiger partial charge in [-0.3, -0.25) is 47.9 Å². The first kappa shape index (κ1) is 53.4. The number of carbonyl (C=O) groups is 10. The highest BCUT2D eigenvalue weighted by Crippen LogP contribution is 2.39. The average Bonchev–Trinajstić information content (AvgIpc) is 3.20. The number of benzene rings is 2. The van der Waals surface area contributed by atoms with Gasteiger partial charge in [-0.05, 0) is 30.7 Å². The molecule has 23 nitrogen and oxygen atoms in total. The summed E-state index contributed by atoms with van der Waals surface area (Å²) in [6, 6.07) is 8.12. The molecule has 2 aromatic carbocycles. The molecule has 2 saturated heterocycles. The summed E-state index contributed by atoms with van der Waals surface area (Å²) in [5, 5.41) is 0. The molecule has 2 heterocycles. The van der Waals surface area contributed by atoms with Gasteiger partial charge in [0, 0.05) is 74.4 Å². The summed E-state index contributed by atoms with van der Waals surface area (Å²) in [5.74, 6) is -9.74. The van der Waals surface area contributed by atoms with Crippen molar-refractivity contribution in [2.75, 3.05) is 6.61 Å². The lowest BCUT2D eigenvalue weighted by atomic mass is 9.97. The monoisotopic (exact) mass is 958 g/mol. The quantitative estimate of drug-likeness (QED) is 0.0724. The third-order valence-electron chi connectivity index (χ3n) is 9.17. The van der Waals surface area contributed by atoms with E-state index in [4.69, 9.17) is 61.6 Å². The Hall–Kier alpha value is -7.24. The molecule has 0 saturated carbocycles. The highest BCUT2D eigenvalue weighted by molar-refractivity contribution is 6.11. The van der Waals surface area contributed by atoms with E-state index in [1.54, 1.807) is 0 Å². The van der Waals surface area contributed by atoms with E-state index in [1.165, 1.54) is 44.2 Å². The van der Waals surface area contributed by atoms with Crippen molar-refractivity contribution < 1.29 is 110 Å². The van der Waals surface area contributed by atoms with Crippen LogP contribution < -0.4 is 18.9 Å². The normalized spacial score (nSPS) is 24.3. The number of carbonyl (C=O) groups excluding carboxylic acids is 10. The van der Waals surface area contributed by atoms with E-state index in [0.29, 0.717) is 5.56 Å². The Balaban J connectivity index is 1.81. The Morgan fingerprint density at radius 1 is 0.485 bits per heavy atom. The maximum absolute atomic E-state index is 13.8. The number of allylic oxidation sites excluding steroid dienone is 1. The number of esters is 9. The minimum Gasteiger partial charge on any atom is -0.460 e. The first-order valence-corrected chi connectivity index (χ1v) is 20.6. The minimum absolute atomic E-state index is 0.245. The SMILES string of the molecule is CC(=O)Oc1ccc(/C=C/C(=O)c2c(OC(C)=O)cc(O[C@@H]3O[C@H](CO[C@@H]4O[C@@H](C)[C@@H](OC(C)=O)[C@@H](OC(C)=O)[C@H]4OC(C)=O)[C@H](OC(C)=O)[C@H](OC(C)=O)[C@H]3OC(C)=O)cc2OC(C)=O)cc1. The predicted molar refractivity (Wildman–Crippen MR) is 223 cm³/mol. The Bertz CT molecular complexity index is 2250. The molecule has 2 aliphatic rings. The third-order valence-corrected chi connectivity index (χ3v) is 9.17. The van der Waals surface area contributed by atoms with E-state index in [1.807, 2.05) is 0 Å². The van der Waals surface area contributed by atoms with Gasteiger partial charge in [0.1, 0.15) is 34.7 Å². The Labute approximate surface area is 388 Å². The molecule has 0 N–H and O–H groups in total. The van der Waals surface area contributed by atoms with Crippen LogP contribution in [-0.4, -0.2) is 128 Å². The van der Waals surface area contributed by atoms with E-state index >= 15 is 0 Å². The highest BCUT2D eigenvalue weighted by atomic mass is 16.8. The molecule has 0 spiro atoms.